The molecule has 2 heterocycles. The molecular formula is C29H39N3O. The highest BCUT2D eigenvalue weighted by atomic mass is 16.5. The van der Waals surface area contributed by atoms with Crippen LogP contribution in [0.2, 0.25) is 0 Å². The number of nitrogens with zero attached hydrogens (tertiary/aromatic N) is 3. The lowest BCUT2D eigenvalue weighted by Gasteiger charge is -2.37. The van der Waals surface area contributed by atoms with Crippen molar-refractivity contribution in [1.29, 1.82) is 0 Å². The Bertz CT molecular complexity index is 953. The number of ether oxygens (including phenoxy) is 1. The van der Waals surface area contributed by atoms with Gasteiger partial charge < -0.3 is 9.64 Å². The fraction of sp³-hybridized carbons (Fsp3) is 0.517. The second kappa shape index (κ2) is 10.4. The van der Waals surface area contributed by atoms with Crippen molar-refractivity contribution in [2.75, 3.05) is 57.3 Å². The van der Waals surface area contributed by atoms with Gasteiger partial charge in [-0.05, 0) is 67.5 Å². The maximum Gasteiger partial charge on any atom is 0.0609 e. The van der Waals surface area contributed by atoms with E-state index < -0.39 is 0 Å². The molecule has 0 spiro atoms. The first-order valence-electron chi connectivity index (χ1n) is 12.9. The number of rotatable bonds is 7. The van der Waals surface area contributed by atoms with Crippen molar-refractivity contribution >= 4 is 17.3 Å². The summed E-state index contributed by atoms with van der Waals surface area (Å²) in [5, 5.41) is 0. The third kappa shape index (κ3) is 5.51. The molecule has 5 rings (SSSR count). The van der Waals surface area contributed by atoms with Crippen LogP contribution in [0.3, 0.4) is 0 Å². The van der Waals surface area contributed by atoms with E-state index in [0.717, 1.165) is 45.5 Å². The molecule has 4 nitrogen and oxygen atoms in total. The highest BCUT2D eigenvalue weighted by molar-refractivity contribution is 5.89. The number of piperazine rings is 1. The van der Waals surface area contributed by atoms with E-state index in [4.69, 9.17) is 4.74 Å². The Labute approximate surface area is 199 Å². The molecule has 176 valence electrons. The third-order valence-corrected chi connectivity index (χ3v) is 7.69. The molecule has 4 heteroatoms. The van der Waals surface area contributed by atoms with E-state index in [1.165, 1.54) is 54.1 Å². The number of hydrogen-bond donors (Lipinski definition) is 0. The molecule has 33 heavy (non-hydrogen) atoms. The van der Waals surface area contributed by atoms with Crippen LogP contribution in [0.25, 0.3) is 11.6 Å². The van der Waals surface area contributed by atoms with Crippen molar-refractivity contribution in [3.63, 3.8) is 0 Å². The van der Waals surface area contributed by atoms with Crippen molar-refractivity contribution in [2.24, 2.45) is 0 Å². The molecule has 0 radical (unpaired) electrons. The van der Waals surface area contributed by atoms with Gasteiger partial charge in [0.2, 0.25) is 0 Å². The van der Waals surface area contributed by atoms with Gasteiger partial charge in [0.25, 0.3) is 0 Å². The van der Waals surface area contributed by atoms with E-state index in [0.29, 0.717) is 12.1 Å². The van der Waals surface area contributed by atoms with Crippen molar-refractivity contribution in [3.05, 3.63) is 65.2 Å². The lowest BCUT2D eigenvalue weighted by Crippen LogP contribution is -2.49. The molecule has 2 aromatic carbocycles. The molecular weight excluding hydrogens is 406 g/mol. The van der Waals surface area contributed by atoms with Crippen LogP contribution < -0.4 is 4.90 Å². The summed E-state index contributed by atoms with van der Waals surface area (Å²) in [5.41, 5.74) is 6.96. The van der Waals surface area contributed by atoms with Crippen molar-refractivity contribution in [2.45, 2.75) is 45.3 Å². The topological polar surface area (TPSA) is 19.0 Å². The first kappa shape index (κ1) is 22.6. The van der Waals surface area contributed by atoms with Gasteiger partial charge in [-0.3, -0.25) is 9.80 Å². The molecule has 0 amide bonds. The summed E-state index contributed by atoms with van der Waals surface area (Å²) in [7, 11) is 0. The number of fused-ring (bicyclic) bond motifs is 1. The third-order valence-electron chi connectivity index (χ3n) is 7.69. The van der Waals surface area contributed by atoms with Gasteiger partial charge in [-0.1, -0.05) is 42.5 Å². The minimum atomic E-state index is 0.411. The SMILES string of the molecule is CC(C)N1CCN(CCOC2CCN(c3cccc(C4=Cc5ccccc5C4)c3)CC2)CC1. The average Bonchev–Trinajstić information content (AvgIpc) is 3.29. The maximum absolute atomic E-state index is 6.29. The van der Waals surface area contributed by atoms with Crippen LogP contribution in [-0.2, 0) is 11.2 Å². The summed E-state index contributed by atoms with van der Waals surface area (Å²) >= 11 is 0. The van der Waals surface area contributed by atoms with Gasteiger partial charge in [0.1, 0.15) is 0 Å². The molecule has 0 atom stereocenters. The molecule has 0 unspecified atom stereocenters. The Hall–Kier alpha value is -2.14. The molecule has 0 bridgehead atoms. The Morgan fingerprint density at radius 3 is 2.45 bits per heavy atom. The summed E-state index contributed by atoms with van der Waals surface area (Å²) < 4.78 is 6.29. The van der Waals surface area contributed by atoms with Gasteiger partial charge in [0.05, 0.1) is 12.7 Å². The largest absolute Gasteiger partial charge is 0.377 e. The van der Waals surface area contributed by atoms with Crippen LogP contribution in [0, 0.1) is 0 Å². The second-order valence-electron chi connectivity index (χ2n) is 10.1. The smallest absolute Gasteiger partial charge is 0.0609 e. The summed E-state index contributed by atoms with van der Waals surface area (Å²) in [4.78, 5) is 7.68. The first-order valence-corrected chi connectivity index (χ1v) is 12.9. The van der Waals surface area contributed by atoms with E-state index >= 15 is 0 Å². The zero-order valence-electron chi connectivity index (χ0n) is 20.4. The zero-order chi connectivity index (χ0) is 22.6. The fourth-order valence-electron chi connectivity index (χ4n) is 5.50. The van der Waals surface area contributed by atoms with Crippen molar-refractivity contribution in [3.8, 4) is 0 Å². The van der Waals surface area contributed by atoms with Crippen LogP contribution in [0.4, 0.5) is 5.69 Å². The van der Waals surface area contributed by atoms with Crippen LogP contribution in [0.15, 0.2) is 48.5 Å². The standard InChI is InChI=1S/C29H39N3O/c1-23(2)31-16-14-30(15-17-31)18-19-33-29-10-12-32(13-11-29)28-9-5-8-26(22-28)27-20-24-6-3-4-7-25(24)21-27/h3-9,20,22-23,29H,10-19,21H2,1-2H3. The minimum Gasteiger partial charge on any atom is -0.377 e. The van der Waals surface area contributed by atoms with Crippen LogP contribution in [-0.4, -0.2) is 74.4 Å². The summed E-state index contributed by atoms with van der Waals surface area (Å²) in [6, 6.07) is 18.6. The van der Waals surface area contributed by atoms with Crippen LogP contribution in [0.5, 0.6) is 0 Å². The number of anilines is 1. The van der Waals surface area contributed by atoms with Gasteiger partial charge in [0.15, 0.2) is 0 Å². The molecule has 2 aromatic rings. The highest BCUT2D eigenvalue weighted by Crippen LogP contribution is 2.33. The average molecular weight is 446 g/mol. The Balaban J connectivity index is 1.07. The van der Waals surface area contributed by atoms with Gasteiger partial charge >= 0.3 is 0 Å². The molecule has 2 aliphatic heterocycles. The van der Waals surface area contributed by atoms with Gasteiger partial charge in [-0.15, -0.1) is 0 Å². The summed E-state index contributed by atoms with van der Waals surface area (Å²) in [6.45, 7) is 13.5. The Morgan fingerprint density at radius 2 is 1.70 bits per heavy atom. The van der Waals surface area contributed by atoms with Gasteiger partial charge in [-0.2, -0.15) is 0 Å². The number of piperidine rings is 1. The minimum absolute atomic E-state index is 0.411. The lowest BCUT2D eigenvalue weighted by molar-refractivity contribution is 0.0136. The normalized spacial score (nSPS) is 20.3. The molecule has 2 fully saturated rings. The van der Waals surface area contributed by atoms with Crippen molar-refractivity contribution < 1.29 is 4.74 Å². The quantitative estimate of drug-likeness (QED) is 0.610. The van der Waals surface area contributed by atoms with E-state index in [9.17, 15) is 0 Å². The van der Waals surface area contributed by atoms with Gasteiger partial charge in [-0.25, -0.2) is 0 Å². The molecule has 2 saturated heterocycles. The summed E-state index contributed by atoms with van der Waals surface area (Å²) in [5.74, 6) is 0. The maximum atomic E-state index is 6.29. The summed E-state index contributed by atoms with van der Waals surface area (Å²) in [6.07, 6.45) is 6.06. The van der Waals surface area contributed by atoms with Gasteiger partial charge in [0, 0.05) is 57.5 Å². The first-order chi connectivity index (χ1) is 16.2. The predicted molar refractivity (Wildman–Crippen MR) is 139 cm³/mol. The molecule has 1 aliphatic carbocycles. The Morgan fingerprint density at radius 1 is 0.909 bits per heavy atom. The molecule has 0 aromatic heterocycles. The lowest BCUT2D eigenvalue weighted by atomic mass is 10.0. The predicted octanol–water partition coefficient (Wildman–Crippen LogP) is 4.79. The van der Waals surface area contributed by atoms with Crippen molar-refractivity contribution in [1.82, 2.24) is 9.80 Å². The number of hydrogen-bond acceptors (Lipinski definition) is 4. The van der Waals surface area contributed by atoms with E-state index in [-0.39, 0.29) is 0 Å². The molecule has 0 N–H and O–H groups in total. The fourth-order valence-corrected chi connectivity index (χ4v) is 5.50. The second-order valence-corrected chi connectivity index (χ2v) is 10.1. The van der Waals surface area contributed by atoms with E-state index in [1.807, 2.05) is 0 Å². The zero-order valence-corrected chi connectivity index (χ0v) is 20.4. The number of benzene rings is 2. The number of allylic oxidation sites excluding steroid dienone is 1. The molecule has 0 saturated carbocycles. The van der Waals surface area contributed by atoms with Crippen LogP contribution in [0.1, 0.15) is 43.4 Å². The van der Waals surface area contributed by atoms with Crippen LogP contribution >= 0.6 is 0 Å². The van der Waals surface area contributed by atoms with E-state index in [1.54, 1.807) is 0 Å². The monoisotopic (exact) mass is 445 g/mol. The van der Waals surface area contributed by atoms with E-state index in [2.05, 4.69) is 83.2 Å². The highest BCUT2D eigenvalue weighted by Gasteiger charge is 2.22. The molecule has 3 aliphatic rings. The Kier molecular flexibility index (Phi) is 7.15.